The highest BCUT2D eigenvalue weighted by Crippen LogP contribution is 2.02. The Kier molecular flexibility index (Phi) is 14.4. The van der Waals surface area contributed by atoms with Crippen molar-refractivity contribution in [2.24, 2.45) is 0 Å². The molecule has 130 valence electrons. The van der Waals surface area contributed by atoms with Crippen molar-refractivity contribution in [2.75, 3.05) is 33.7 Å². The molecule has 0 fully saturated rings. The molecule has 1 unspecified atom stereocenters. The van der Waals surface area contributed by atoms with Crippen LogP contribution >= 0.6 is 0 Å². The third-order valence-corrected chi connectivity index (χ3v) is 3.91. The van der Waals surface area contributed by atoms with Gasteiger partial charge in [0.25, 0.3) is 0 Å². The van der Waals surface area contributed by atoms with Crippen LogP contribution in [-0.2, 0) is 4.79 Å². The van der Waals surface area contributed by atoms with E-state index in [-0.39, 0.29) is 11.9 Å². The van der Waals surface area contributed by atoms with Crippen LogP contribution in [0.5, 0.6) is 0 Å². The Hall–Kier alpha value is -0.910. The fourth-order valence-corrected chi connectivity index (χ4v) is 2.39. The van der Waals surface area contributed by atoms with Crippen molar-refractivity contribution in [3.8, 4) is 0 Å². The van der Waals surface area contributed by atoms with Gasteiger partial charge in [0.15, 0.2) is 0 Å². The average molecular weight is 313 g/mol. The molecule has 0 aromatic heterocycles. The molecule has 0 rings (SSSR count). The van der Waals surface area contributed by atoms with Crippen LogP contribution in [0.2, 0.25) is 0 Å². The molecular formula is C17H36N4O. The molecule has 0 aliphatic rings. The summed E-state index contributed by atoms with van der Waals surface area (Å²) in [6.07, 6.45) is 8.17. The van der Waals surface area contributed by atoms with E-state index in [0.29, 0.717) is 6.04 Å². The molecule has 2 atom stereocenters. The summed E-state index contributed by atoms with van der Waals surface area (Å²) < 4.78 is 0. The van der Waals surface area contributed by atoms with Gasteiger partial charge in [-0.2, -0.15) is 0 Å². The number of carbonyl (C=O) groups is 1. The summed E-state index contributed by atoms with van der Waals surface area (Å²) >= 11 is 0. The van der Waals surface area contributed by atoms with Crippen molar-refractivity contribution in [2.45, 2.75) is 57.5 Å². The fourth-order valence-electron chi connectivity index (χ4n) is 2.39. The van der Waals surface area contributed by atoms with Crippen LogP contribution in [0.1, 0.15) is 45.4 Å². The SMILES string of the molecule is C=CC(CCCCNC(=O)[C@H](CCCCNCC)NC)NC. The van der Waals surface area contributed by atoms with Crippen LogP contribution in [-0.4, -0.2) is 51.7 Å². The standard InChI is InChI=1S/C17H36N4O/c1-5-15(18-3)11-7-10-14-21-17(22)16(19-4)12-8-9-13-20-6-2/h5,15-16,18-20H,1,6-14H2,2-4H3,(H,21,22)/t15?,16-/m0/s1. The maximum atomic E-state index is 12.1. The monoisotopic (exact) mass is 312 g/mol. The number of rotatable bonds is 15. The first-order valence-electron chi connectivity index (χ1n) is 8.65. The molecule has 1 amide bonds. The zero-order valence-electron chi connectivity index (χ0n) is 14.7. The number of nitrogens with one attached hydrogen (secondary N) is 4. The predicted molar refractivity (Wildman–Crippen MR) is 95.1 cm³/mol. The van der Waals surface area contributed by atoms with Gasteiger partial charge in [0, 0.05) is 12.6 Å². The topological polar surface area (TPSA) is 65.2 Å². The molecule has 0 saturated carbocycles. The average Bonchev–Trinajstić information content (AvgIpc) is 2.54. The van der Waals surface area contributed by atoms with Crippen LogP contribution in [0, 0.1) is 0 Å². The van der Waals surface area contributed by atoms with Crippen LogP contribution in [0.15, 0.2) is 12.7 Å². The highest BCUT2D eigenvalue weighted by molar-refractivity contribution is 5.81. The highest BCUT2D eigenvalue weighted by atomic mass is 16.2. The second kappa shape index (κ2) is 15.0. The maximum absolute atomic E-state index is 12.1. The molecule has 22 heavy (non-hydrogen) atoms. The number of likely N-dealkylation sites (N-methyl/N-ethyl adjacent to an activating group) is 2. The zero-order chi connectivity index (χ0) is 16.6. The molecule has 5 nitrogen and oxygen atoms in total. The van der Waals surface area contributed by atoms with Crippen LogP contribution in [0.3, 0.4) is 0 Å². The molecule has 0 heterocycles. The number of amides is 1. The third-order valence-electron chi connectivity index (χ3n) is 3.91. The van der Waals surface area contributed by atoms with Crippen LogP contribution in [0.25, 0.3) is 0 Å². The smallest absolute Gasteiger partial charge is 0.237 e. The fraction of sp³-hybridized carbons (Fsp3) is 0.824. The Morgan fingerprint density at radius 2 is 1.73 bits per heavy atom. The number of hydrogen-bond donors (Lipinski definition) is 4. The number of hydrogen-bond acceptors (Lipinski definition) is 4. The summed E-state index contributed by atoms with van der Waals surface area (Å²) in [5.41, 5.74) is 0. The molecular weight excluding hydrogens is 276 g/mol. The first kappa shape index (κ1) is 21.1. The van der Waals surface area contributed by atoms with Crippen molar-refractivity contribution in [3.63, 3.8) is 0 Å². The van der Waals surface area contributed by atoms with Crippen LogP contribution in [0.4, 0.5) is 0 Å². The van der Waals surface area contributed by atoms with Gasteiger partial charge in [-0.3, -0.25) is 4.79 Å². The zero-order valence-corrected chi connectivity index (χ0v) is 14.7. The van der Waals surface area contributed by atoms with Gasteiger partial charge in [-0.25, -0.2) is 0 Å². The Bertz CT molecular complexity index is 284. The van der Waals surface area contributed by atoms with E-state index in [1.54, 1.807) is 0 Å². The number of unbranched alkanes of at least 4 members (excludes halogenated alkanes) is 2. The maximum Gasteiger partial charge on any atom is 0.237 e. The van der Waals surface area contributed by atoms with Gasteiger partial charge in [-0.15, -0.1) is 6.58 Å². The van der Waals surface area contributed by atoms with Gasteiger partial charge in [0.2, 0.25) is 5.91 Å². The highest BCUT2D eigenvalue weighted by Gasteiger charge is 2.14. The summed E-state index contributed by atoms with van der Waals surface area (Å²) in [7, 11) is 3.80. The van der Waals surface area contributed by atoms with Crippen molar-refractivity contribution >= 4 is 5.91 Å². The summed E-state index contributed by atoms with van der Waals surface area (Å²) in [6, 6.07) is 0.303. The predicted octanol–water partition coefficient (Wildman–Crippen LogP) is 1.41. The second-order valence-corrected chi connectivity index (χ2v) is 5.61. The van der Waals surface area contributed by atoms with Gasteiger partial charge < -0.3 is 21.3 Å². The minimum absolute atomic E-state index is 0.0696. The van der Waals surface area contributed by atoms with Crippen molar-refractivity contribution in [3.05, 3.63) is 12.7 Å². The van der Waals surface area contributed by atoms with Gasteiger partial charge >= 0.3 is 0 Å². The van der Waals surface area contributed by atoms with E-state index in [9.17, 15) is 4.79 Å². The summed E-state index contributed by atoms with van der Waals surface area (Å²) in [5.74, 6) is 0.125. The molecule has 0 spiro atoms. The molecule has 0 aromatic carbocycles. The van der Waals surface area contributed by atoms with Crippen molar-refractivity contribution < 1.29 is 4.79 Å². The lowest BCUT2D eigenvalue weighted by atomic mass is 10.1. The molecule has 4 N–H and O–H groups in total. The molecule has 0 aromatic rings. The lowest BCUT2D eigenvalue weighted by molar-refractivity contribution is -0.123. The van der Waals surface area contributed by atoms with E-state index in [2.05, 4.69) is 34.8 Å². The Labute approximate surface area is 136 Å². The molecule has 0 aliphatic heterocycles. The minimum atomic E-state index is -0.0696. The second-order valence-electron chi connectivity index (χ2n) is 5.61. The lowest BCUT2D eigenvalue weighted by Gasteiger charge is -2.16. The lowest BCUT2D eigenvalue weighted by Crippen LogP contribution is -2.43. The van der Waals surface area contributed by atoms with Gasteiger partial charge in [0.1, 0.15) is 0 Å². The summed E-state index contributed by atoms with van der Waals surface area (Å²) in [4.78, 5) is 12.1. The normalized spacial score (nSPS) is 13.6. The van der Waals surface area contributed by atoms with E-state index < -0.39 is 0 Å². The Balaban J connectivity index is 3.71. The van der Waals surface area contributed by atoms with E-state index in [4.69, 9.17) is 0 Å². The van der Waals surface area contributed by atoms with Gasteiger partial charge in [-0.1, -0.05) is 19.4 Å². The Morgan fingerprint density at radius 1 is 1.05 bits per heavy atom. The quantitative estimate of drug-likeness (QED) is 0.273. The summed E-state index contributed by atoms with van der Waals surface area (Å²) in [6.45, 7) is 8.70. The largest absolute Gasteiger partial charge is 0.355 e. The first-order valence-corrected chi connectivity index (χ1v) is 8.65. The minimum Gasteiger partial charge on any atom is -0.355 e. The van der Waals surface area contributed by atoms with E-state index in [1.165, 1.54) is 0 Å². The van der Waals surface area contributed by atoms with E-state index >= 15 is 0 Å². The molecule has 0 radical (unpaired) electrons. The summed E-state index contributed by atoms with van der Waals surface area (Å²) in [5, 5.41) is 12.6. The first-order chi connectivity index (χ1) is 10.7. The van der Waals surface area contributed by atoms with Crippen molar-refractivity contribution in [1.82, 2.24) is 21.3 Å². The van der Waals surface area contributed by atoms with Gasteiger partial charge in [0.05, 0.1) is 6.04 Å². The van der Waals surface area contributed by atoms with Crippen molar-refractivity contribution in [1.29, 1.82) is 0 Å². The Morgan fingerprint density at radius 3 is 2.32 bits per heavy atom. The van der Waals surface area contributed by atoms with E-state index in [0.717, 1.165) is 58.2 Å². The van der Waals surface area contributed by atoms with Gasteiger partial charge in [-0.05, 0) is 59.3 Å². The molecule has 0 aliphatic carbocycles. The molecule has 0 bridgehead atoms. The third kappa shape index (κ3) is 10.8. The number of carbonyl (C=O) groups excluding carboxylic acids is 1. The molecule has 5 heteroatoms. The molecule has 0 saturated heterocycles. The van der Waals surface area contributed by atoms with E-state index in [1.807, 2.05) is 20.2 Å². The van der Waals surface area contributed by atoms with Crippen LogP contribution < -0.4 is 21.3 Å².